The van der Waals surface area contributed by atoms with E-state index >= 15 is 0 Å². The molecule has 1 amide bonds. The van der Waals surface area contributed by atoms with E-state index in [0.29, 0.717) is 25.9 Å². The number of hydrogen-bond donors (Lipinski definition) is 0. The fourth-order valence-electron chi connectivity index (χ4n) is 2.45. The average molecular weight is 312 g/mol. The van der Waals surface area contributed by atoms with Crippen LogP contribution in [0.2, 0.25) is 0 Å². The normalized spacial score (nSPS) is 15.8. The molecule has 3 nitrogen and oxygen atoms in total. The highest BCUT2D eigenvalue weighted by molar-refractivity contribution is 5.76. The Labute approximate surface area is 127 Å². The molecule has 0 bridgehead atoms. The van der Waals surface area contributed by atoms with Gasteiger partial charge >= 0.3 is 6.18 Å². The van der Waals surface area contributed by atoms with Gasteiger partial charge in [0.25, 0.3) is 0 Å². The first-order valence-electron chi connectivity index (χ1n) is 7.31. The molecule has 0 atom stereocenters. The summed E-state index contributed by atoms with van der Waals surface area (Å²) in [5.74, 6) is -0.412. The molecule has 0 N–H and O–H groups in total. The van der Waals surface area contributed by atoms with Crippen LogP contribution in [0.15, 0.2) is 23.8 Å². The number of pyridine rings is 1. The van der Waals surface area contributed by atoms with Crippen molar-refractivity contribution in [3.8, 4) is 0 Å². The summed E-state index contributed by atoms with van der Waals surface area (Å²) in [5, 5.41) is 0. The monoisotopic (exact) mass is 312 g/mol. The number of aryl methyl sites for hydroxylation is 1. The molecule has 0 aliphatic carbocycles. The zero-order valence-corrected chi connectivity index (χ0v) is 12.5. The summed E-state index contributed by atoms with van der Waals surface area (Å²) in [7, 11) is 0. The first kappa shape index (κ1) is 16.5. The van der Waals surface area contributed by atoms with Crippen molar-refractivity contribution in [2.24, 2.45) is 0 Å². The van der Waals surface area contributed by atoms with E-state index in [4.69, 9.17) is 0 Å². The maximum absolute atomic E-state index is 12.1. The Bertz CT molecular complexity index is 557. The standard InChI is InChI=1S/C16H19F3N2O/c1-12-3-2-4-14(20-12)11-13-6-9-21(10-7-13)15(22)5-8-16(17,18)19/h2-4,11H,5-10H2,1H3. The van der Waals surface area contributed by atoms with Gasteiger partial charge in [0.1, 0.15) is 0 Å². The molecule has 1 saturated heterocycles. The van der Waals surface area contributed by atoms with Crippen LogP contribution < -0.4 is 0 Å². The lowest BCUT2D eigenvalue weighted by Crippen LogP contribution is -2.36. The van der Waals surface area contributed by atoms with Gasteiger partial charge in [0.15, 0.2) is 0 Å². The Morgan fingerprint density at radius 3 is 2.59 bits per heavy atom. The van der Waals surface area contributed by atoms with Crippen molar-refractivity contribution in [2.75, 3.05) is 13.1 Å². The molecule has 1 aliphatic heterocycles. The molecule has 0 saturated carbocycles. The molecule has 1 aliphatic rings. The molecule has 0 radical (unpaired) electrons. The predicted molar refractivity (Wildman–Crippen MR) is 78.1 cm³/mol. The highest BCUT2D eigenvalue weighted by atomic mass is 19.4. The van der Waals surface area contributed by atoms with Crippen molar-refractivity contribution in [1.29, 1.82) is 0 Å². The van der Waals surface area contributed by atoms with Gasteiger partial charge in [-0.25, -0.2) is 0 Å². The fourth-order valence-corrected chi connectivity index (χ4v) is 2.45. The van der Waals surface area contributed by atoms with E-state index < -0.39 is 24.9 Å². The molecule has 6 heteroatoms. The lowest BCUT2D eigenvalue weighted by atomic mass is 10.0. The summed E-state index contributed by atoms with van der Waals surface area (Å²) in [5.41, 5.74) is 3.00. The Kier molecular flexibility index (Phi) is 5.21. The van der Waals surface area contributed by atoms with Crippen LogP contribution in [0.5, 0.6) is 0 Å². The SMILES string of the molecule is Cc1cccc(C=C2CCN(C(=O)CCC(F)(F)F)CC2)n1. The fraction of sp³-hybridized carbons (Fsp3) is 0.500. The summed E-state index contributed by atoms with van der Waals surface area (Å²) in [4.78, 5) is 17.7. The number of hydrogen-bond acceptors (Lipinski definition) is 2. The number of piperidine rings is 1. The Hall–Kier alpha value is -1.85. The van der Waals surface area contributed by atoms with Gasteiger partial charge in [-0.1, -0.05) is 11.6 Å². The molecule has 120 valence electrons. The second-order valence-electron chi connectivity index (χ2n) is 5.50. The highest BCUT2D eigenvalue weighted by Crippen LogP contribution is 2.24. The zero-order valence-electron chi connectivity index (χ0n) is 12.5. The number of carbonyl (C=O) groups is 1. The maximum atomic E-state index is 12.1. The van der Waals surface area contributed by atoms with Crippen LogP contribution in [0.25, 0.3) is 6.08 Å². The summed E-state index contributed by atoms with van der Waals surface area (Å²) >= 11 is 0. The third kappa shape index (κ3) is 5.16. The number of aromatic nitrogens is 1. The quantitative estimate of drug-likeness (QED) is 0.852. The van der Waals surface area contributed by atoms with Crippen LogP contribution >= 0.6 is 0 Å². The van der Waals surface area contributed by atoms with Gasteiger partial charge < -0.3 is 4.90 Å². The van der Waals surface area contributed by atoms with E-state index in [2.05, 4.69) is 4.98 Å². The maximum Gasteiger partial charge on any atom is 0.389 e. The number of halogens is 3. The zero-order chi connectivity index (χ0) is 16.2. The molecule has 22 heavy (non-hydrogen) atoms. The third-order valence-electron chi connectivity index (χ3n) is 3.64. The molecule has 1 fully saturated rings. The number of amides is 1. The number of carbonyl (C=O) groups excluding carboxylic acids is 1. The van der Waals surface area contributed by atoms with Crippen LogP contribution in [0, 0.1) is 6.92 Å². The van der Waals surface area contributed by atoms with Gasteiger partial charge in [0, 0.05) is 25.2 Å². The Balaban J connectivity index is 1.86. The highest BCUT2D eigenvalue weighted by Gasteiger charge is 2.29. The molecular formula is C16H19F3N2O. The second kappa shape index (κ2) is 6.94. The van der Waals surface area contributed by atoms with E-state index in [9.17, 15) is 18.0 Å². The molecule has 0 aromatic carbocycles. The van der Waals surface area contributed by atoms with Crippen LogP contribution in [0.1, 0.15) is 37.1 Å². The first-order chi connectivity index (χ1) is 10.3. The van der Waals surface area contributed by atoms with Gasteiger partial charge in [-0.3, -0.25) is 9.78 Å². The van der Waals surface area contributed by atoms with Crippen LogP contribution in [0.3, 0.4) is 0 Å². The van der Waals surface area contributed by atoms with Gasteiger partial charge in [-0.15, -0.1) is 0 Å². The van der Waals surface area contributed by atoms with E-state index in [1.165, 1.54) is 10.5 Å². The van der Waals surface area contributed by atoms with Crippen LogP contribution in [-0.2, 0) is 4.79 Å². The summed E-state index contributed by atoms with van der Waals surface area (Å²) in [6.45, 7) is 2.88. The van der Waals surface area contributed by atoms with Crippen LogP contribution in [0.4, 0.5) is 13.2 Å². The molecule has 1 aromatic rings. The van der Waals surface area contributed by atoms with Gasteiger partial charge in [0.2, 0.25) is 5.91 Å². The van der Waals surface area contributed by atoms with Crippen molar-refractivity contribution in [3.05, 3.63) is 35.2 Å². The number of rotatable bonds is 3. The topological polar surface area (TPSA) is 33.2 Å². The minimum absolute atomic E-state index is 0.412. The summed E-state index contributed by atoms with van der Waals surface area (Å²) in [6.07, 6.45) is -2.39. The Morgan fingerprint density at radius 2 is 2.00 bits per heavy atom. The second-order valence-corrected chi connectivity index (χ2v) is 5.50. The predicted octanol–water partition coefficient (Wildman–Crippen LogP) is 3.74. The van der Waals surface area contributed by atoms with Crippen molar-refractivity contribution in [1.82, 2.24) is 9.88 Å². The van der Waals surface area contributed by atoms with Gasteiger partial charge in [0.05, 0.1) is 12.1 Å². The third-order valence-corrected chi connectivity index (χ3v) is 3.64. The first-order valence-corrected chi connectivity index (χ1v) is 7.31. The molecule has 1 aromatic heterocycles. The van der Waals surface area contributed by atoms with E-state index in [0.717, 1.165) is 11.4 Å². The van der Waals surface area contributed by atoms with Crippen molar-refractivity contribution < 1.29 is 18.0 Å². The number of alkyl halides is 3. The van der Waals surface area contributed by atoms with E-state index in [-0.39, 0.29) is 0 Å². The molecule has 0 unspecified atom stereocenters. The summed E-state index contributed by atoms with van der Waals surface area (Å²) < 4.78 is 36.4. The van der Waals surface area contributed by atoms with Gasteiger partial charge in [-0.2, -0.15) is 13.2 Å². The van der Waals surface area contributed by atoms with Crippen molar-refractivity contribution >= 4 is 12.0 Å². The Morgan fingerprint density at radius 1 is 1.32 bits per heavy atom. The molecular weight excluding hydrogens is 293 g/mol. The van der Waals surface area contributed by atoms with Gasteiger partial charge in [-0.05, 0) is 38.0 Å². The lowest BCUT2D eigenvalue weighted by Gasteiger charge is -2.28. The minimum atomic E-state index is -4.27. The number of nitrogens with zero attached hydrogens (tertiary/aromatic N) is 2. The molecule has 2 heterocycles. The van der Waals surface area contributed by atoms with Crippen molar-refractivity contribution in [3.63, 3.8) is 0 Å². The van der Waals surface area contributed by atoms with E-state index in [1.54, 1.807) is 0 Å². The van der Waals surface area contributed by atoms with E-state index in [1.807, 2.05) is 31.2 Å². The smallest absolute Gasteiger partial charge is 0.342 e. The van der Waals surface area contributed by atoms with Crippen molar-refractivity contribution in [2.45, 2.75) is 38.8 Å². The summed E-state index contributed by atoms with van der Waals surface area (Å²) in [6, 6.07) is 5.77. The molecule has 0 spiro atoms. The lowest BCUT2D eigenvalue weighted by molar-refractivity contribution is -0.149. The minimum Gasteiger partial charge on any atom is -0.342 e. The number of likely N-dealkylation sites (tertiary alicyclic amines) is 1. The van der Waals surface area contributed by atoms with Crippen LogP contribution in [-0.4, -0.2) is 35.1 Å². The largest absolute Gasteiger partial charge is 0.389 e. The molecule has 2 rings (SSSR count). The average Bonchev–Trinajstić information content (AvgIpc) is 2.45.